The Kier molecular flexibility index (Phi) is 4.14. The lowest BCUT2D eigenvalue weighted by molar-refractivity contribution is -0.129. The second kappa shape index (κ2) is 6.35. The standard InChI is InChI=1S/C22H25NO3/c1-13-5-7-18-16(12-25-22(18)15(13)3)10-21(24)23(4)11-17-6-8-20(26-17)19-9-14(19)2/h5-8,12,14,19H,9-11H2,1-4H3/t14-,19+/m0/s1. The van der Waals surface area contributed by atoms with Gasteiger partial charge in [0.1, 0.15) is 17.1 Å². The summed E-state index contributed by atoms with van der Waals surface area (Å²) >= 11 is 0. The molecule has 0 bridgehead atoms. The Labute approximate surface area is 153 Å². The van der Waals surface area contributed by atoms with E-state index in [2.05, 4.69) is 26.0 Å². The lowest BCUT2D eigenvalue weighted by atomic mass is 10.0. The first-order valence-electron chi connectivity index (χ1n) is 9.23. The highest BCUT2D eigenvalue weighted by atomic mass is 16.3. The number of nitrogens with zero attached hydrogens (tertiary/aromatic N) is 1. The molecule has 0 aliphatic heterocycles. The molecule has 4 rings (SSSR count). The van der Waals surface area contributed by atoms with Crippen molar-refractivity contribution in [1.82, 2.24) is 4.90 Å². The smallest absolute Gasteiger partial charge is 0.227 e. The van der Waals surface area contributed by atoms with Crippen molar-refractivity contribution in [2.24, 2.45) is 5.92 Å². The molecule has 2 aromatic heterocycles. The van der Waals surface area contributed by atoms with Crippen LogP contribution in [0, 0.1) is 19.8 Å². The molecule has 0 radical (unpaired) electrons. The summed E-state index contributed by atoms with van der Waals surface area (Å²) in [5, 5.41) is 1.03. The zero-order valence-electron chi connectivity index (χ0n) is 15.8. The van der Waals surface area contributed by atoms with Crippen molar-refractivity contribution in [2.75, 3.05) is 7.05 Å². The van der Waals surface area contributed by atoms with Gasteiger partial charge in [-0.15, -0.1) is 0 Å². The number of amides is 1. The molecule has 4 heteroatoms. The van der Waals surface area contributed by atoms with E-state index in [1.165, 1.54) is 12.0 Å². The highest BCUT2D eigenvalue weighted by Gasteiger charge is 2.36. The quantitative estimate of drug-likeness (QED) is 0.652. The van der Waals surface area contributed by atoms with Crippen LogP contribution < -0.4 is 0 Å². The van der Waals surface area contributed by atoms with Crippen molar-refractivity contribution < 1.29 is 13.6 Å². The minimum absolute atomic E-state index is 0.0590. The molecule has 3 aromatic rings. The van der Waals surface area contributed by atoms with E-state index in [1.807, 2.05) is 26.1 Å². The monoisotopic (exact) mass is 351 g/mol. The maximum absolute atomic E-state index is 12.7. The van der Waals surface area contributed by atoms with Crippen LogP contribution in [0.15, 0.2) is 39.4 Å². The molecule has 1 aromatic carbocycles. The Hall–Kier alpha value is -2.49. The molecular formula is C22H25NO3. The normalized spacial score (nSPS) is 19.1. The zero-order chi connectivity index (χ0) is 18.4. The largest absolute Gasteiger partial charge is 0.464 e. The van der Waals surface area contributed by atoms with Gasteiger partial charge in [-0.3, -0.25) is 4.79 Å². The lowest BCUT2D eigenvalue weighted by Gasteiger charge is -2.15. The van der Waals surface area contributed by atoms with Crippen molar-refractivity contribution in [3.05, 3.63) is 58.7 Å². The SMILES string of the molecule is Cc1ccc2c(CC(=O)N(C)Cc3ccc([C@@H]4C[C@@H]4C)o3)coc2c1C. The molecule has 0 spiro atoms. The first kappa shape index (κ1) is 17.0. The summed E-state index contributed by atoms with van der Waals surface area (Å²) in [7, 11) is 1.82. The Morgan fingerprint density at radius 1 is 1.23 bits per heavy atom. The van der Waals surface area contributed by atoms with E-state index in [0.29, 0.717) is 18.9 Å². The number of carbonyl (C=O) groups excluding carboxylic acids is 1. The summed E-state index contributed by atoms with van der Waals surface area (Å²) in [6, 6.07) is 8.16. The Balaban J connectivity index is 1.44. The molecule has 136 valence electrons. The van der Waals surface area contributed by atoms with Crippen molar-refractivity contribution in [3.63, 3.8) is 0 Å². The third-order valence-electron chi connectivity index (χ3n) is 5.66. The third-order valence-corrected chi connectivity index (χ3v) is 5.66. The van der Waals surface area contributed by atoms with Gasteiger partial charge in [0.15, 0.2) is 0 Å². The molecule has 1 aliphatic rings. The van der Waals surface area contributed by atoms with E-state index in [-0.39, 0.29) is 5.91 Å². The minimum Gasteiger partial charge on any atom is -0.464 e. The summed E-state index contributed by atoms with van der Waals surface area (Å²) in [4.78, 5) is 14.4. The van der Waals surface area contributed by atoms with Gasteiger partial charge in [-0.25, -0.2) is 0 Å². The van der Waals surface area contributed by atoms with Crippen LogP contribution in [0.25, 0.3) is 11.0 Å². The average Bonchev–Trinajstić information content (AvgIpc) is 3.00. The van der Waals surface area contributed by atoms with Crippen molar-refractivity contribution in [2.45, 2.75) is 46.1 Å². The van der Waals surface area contributed by atoms with Crippen LogP contribution in [0.2, 0.25) is 0 Å². The molecule has 0 unspecified atom stereocenters. The van der Waals surface area contributed by atoms with E-state index < -0.39 is 0 Å². The highest BCUT2D eigenvalue weighted by Crippen LogP contribution is 2.47. The molecule has 1 aliphatic carbocycles. The molecule has 2 atom stereocenters. The van der Waals surface area contributed by atoms with Crippen molar-refractivity contribution in [3.8, 4) is 0 Å². The molecule has 0 saturated heterocycles. The maximum Gasteiger partial charge on any atom is 0.227 e. The number of hydrogen-bond donors (Lipinski definition) is 0. The molecule has 1 saturated carbocycles. The predicted octanol–water partition coefficient (Wildman–Crippen LogP) is 4.97. The Bertz CT molecular complexity index is 965. The molecule has 1 fully saturated rings. The van der Waals surface area contributed by atoms with Crippen LogP contribution in [0.4, 0.5) is 0 Å². The topological polar surface area (TPSA) is 46.6 Å². The van der Waals surface area contributed by atoms with Crippen LogP contribution in [0.3, 0.4) is 0 Å². The second-order valence-electron chi connectivity index (χ2n) is 7.70. The van der Waals surface area contributed by atoms with E-state index >= 15 is 0 Å². The summed E-state index contributed by atoms with van der Waals surface area (Å²) in [5.41, 5.74) is 4.14. The molecular weight excluding hydrogens is 326 g/mol. The highest BCUT2D eigenvalue weighted by molar-refractivity contribution is 5.89. The van der Waals surface area contributed by atoms with Crippen LogP contribution in [-0.4, -0.2) is 17.9 Å². The number of furan rings is 2. The lowest BCUT2D eigenvalue weighted by Crippen LogP contribution is -2.27. The number of carbonyl (C=O) groups is 1. The van der Waals surface area contributed by atoms with E-state index in [1.54, 1.807) is 11.2 Å². The molecule has 4 nitrogen and oxygen atoms in total. The van der Waals surface area contributed by atoms with Gasteiger partial charge in [0.2, 0.25) is 5.91 Å². The van der Waals surface area contributed by atoms with E-state index in [4.69, 9.17) is 8.83 Å². The third kappa shape index (κ3) is 3.05. The summed E-state index contributed by atoms with van der Waals surface area (Å²) in [5.74, 6) is 3.24. The van der Waals surface area contributed by atoms with Gasteiger partial charge in [0.05, 0.1) is 19.2 Å². The van der Waals surface area contributed by atoms with Gasteiger partial charge in [0, 0.05) is 23.9 Å². The maximum atomic E-state index is 12.7. The number of hydrogen-bond acceptors (Lipinski definition) is 3. The van der Waals surface area contributed by atoms with Crippen LogP contribution >= 0.6 is 0 Å². The molecule has 0 N–H and O–H groups in total. The number of benzene rings is 1. The van der Waals surface area contributed by atoms with Gasteiger partial charge in [0.25, 0.3) is 0 Å². The minimum atomic E-state index is 0.0590. The fraction of sp³-hybridized carbons (Fsp3) is 0.409. The summed E-state index contributed by atoms with van der Waals surface area (Å²) in [6.45, 7) is 6.85. The number of aryl methyl sites for hydroxylation is 2. The molecule has 26 heavy (non-hydrogen) atoms. The fourth-order valence-corrected chi connectivity index (χ4v) is 3.54. The molecule has 1 amide bonds. The van der Waals surface area contributed by atoms with E-state index in [9.17, 15) is 4.79 Å². The van der Waals surface area contributed by atoms with Crippen molar-refractivity contribution >= 4 is 16.9 Å². The van der Waals surface area contributed by atoms with Gasteiger partial charge in [-0.05, 0) is 49.4 Å². The fourth-order valence-electron chi connectivity index (χ4n) is 3.54. The first-order chi connectivity index (χ1) is 12.4. The van der Waals surface area contributed by atoms with Crippen LogP contribution in [0.1, 0.15) is 47.5 Å². The van der Waals surface area contributed by atoms with Gasteiger partial charge in [-0.1, -0.05) is 19.1 Å². The Morgan fingerprint density at radius 2 is 2.00 bits per heavy atom. The summed E-state index contributed by atoms with van der Waals surface area (Å²) < 4.78 is 11.6. The van der Waals surface area contributed by atoms with Gasteiger partial charge in [-0.2, -0.15) is 0 Å². The summed E-state index contributed by atoms with van der Waals surface area (Å²) in [6.07, 6.45) is 3.25. The predicted molar refractivity (Wildman–Crippen MR) is 101 cm³/mol. The second-order valence-corrected chi connectivity index (χ2v) is 7.70. The molecule has 2 heterocycles. The first-order valence-corrected chi connectivity index (χ1v) is 9.23. The zero-order valence-corrected chi connectivity index (χ0v) is 15.8. The Morgan fingerprint density at radius 3 is 2.73 bits per heavy atom. The van der Waals surface area contributed by atoms with Crippen LogP contribution in [0.5, 0.6) is 0 Å². The number of fused-ring (bicyclic) bond motifs is 1. The van der Waals surface area contributed by atoms with Crippen molar-refractivity contribution in [1.29, 1.82) is 0 Å². The van der Waals surface area contributed by atoms with E-state index in [0.717, 1.165) is 39.5 Å². The van der Waals surface area contributed by atoms with Gasteiger partial charge < -0.3 is 13.7 Å². The number of likely N-dealkylation sites (N-methyl/N-ethyl adjacent to an activating group) is 1. The number of rotatable bonds is 5. The van der Waals surface area contributed by atoms with Crippen LogP contribution in [-0.2, 0) is 17.8 Å². The average molecular weight is 351 g/mol. The van der Waals surface area contributed by atoms with Gasteiger partial charge >= 0.3 is 0 Å².